The third-order valence-electron chi connectivity index (χ3n) is 2.65. The molecule has 1 heterocycles. The summed E-state index contributed by atoms with van der Waals surface area (Å²) in [5.74, 6) is -1.76. The predicted molar refractivity (Wildman–Crippen MR) is 60.0 cm³/mol. The van der Waals surface area contributed by atoms with Crippen LogP contribution in [0.2, 0.25) is 0 Å². The molecule has 0 bridgehead atoms. The van der Waals surface area contributed by atoms with Crippen molar-refractivity contribution in [2.24, 2.45) is 0 Å². The number of carbonyl (C=O) groups excluding carboxylic acids is 3. The van der Waals surface area contributed by atoms with Crippen LogP contribution in [0.15, 0.2) is 24.3 Å². The van der Waals surface area contributed by atoms with Crippen molar-refractivity contribution in [2.75, 3.05) is 0 Å². The van der Waals surface area contributed by atoms with E-state index in [0.29, 0.717) is 0 Å². The number of halogens is 1. The van der Waals surface area contributed by atoms with Gasteiger partial charge in [0.1, 0.15) is 11.9 Å². The van der Waals surface area contributed by atoms with Crippen molar-refractivity contribution in [3.63, 3.8) is 0 Å². The van der Waals surface area contributed by atoms with Gasteiger partial charge in [-0.05, 0) is 30.7 Å². The zero-order valence-electron chi connectivity index (χ0n) is 9.40. The molecule has 5 nitrogen and oxygen atoms in total. The Labute approximate surface area is 102 Å². The van der Waals surface area contributed by atoms with Gasteiger partial charge in [0.05, 0.1) is 0 Å². The summed E-state index contributed by atoms with van der Waals surface area (Å²) in [5.41, 5.74) is 0.265. The Bertz CT molecular complexity index is 499. The lowest BCUT2D eigenvalue weighted by Crippen LogP contribution is -2.52. The highest BCUT2D eigenvalue weighted by Gasteiger charge is 2.27. The van der Waals surface area contributed by atoms with Crippen molar-refractivity contribution >= 4 is 17.7 Å². The number of hydrogen-bond acceptors (Lipinski definition) is 3. The van der Waals surface area contributed by atoms with Gasteiger partial charge in [0, 0.05) is 12.0 Å². The summed E-state index contributed by atoms with van der Waals surface area (Å²) in [6.45, 7) is 0. The van der Waals surface area contributed by atoms with Gasteiger partial charge in [-0.3, -0.25) is 19.7 Å². The summed E-state index contributed by atoms with van der Waals surface area (Å²) in [6, 6.07) is 4.27. The van der Waals surface area contributed by atoms with Crippen molar-refractivity contribution in [1.82, 2.24) is 10.6 Å². The summed E-state index contributed by atoms with van der Waals surface area (Å²) < 4.78 is 12.7. The van der Waals surface area contributed by atoms with Gasteiger partial charge in [-0.15, -0.1) is 0 Å². The van der Waals surface area contributed by atoms with Gasteiger partial charge in [0.15, 0.2) is 0 Å². The van der Waals surface area contributed by atoms with Gasteiger partial charge < -0.3 is 5.32 Å². The molecule has 2 rings (SSSR count). The van der Waals surface area contributed by atoms with Crippen LogP contribution in [-0.4, -0.2) is 23.8 Å². The van der Waals surface area contributed by atoms with E-state index >= 15 is 0 Å². The van der Waals surface area contributed by atoms with Gasteiger partial charge in [0.25, 0.3) is 5.91 Å². The number of imide groups is 1. The topological polar surface area (TPSA) is 75.3 Å². The highest BCUT2D eigenvalue weighted by Crippen LogP contribution is 2.07. The number of carbonyl (C=O) groups is 3. The van der Waals surface area contributed by atoms with Crippen LogP contribution in [0.3, 0.4) is 0 Å². The highest BCUT2D eigenvalue weighted by atomic mass is 19.1. The molecule has 1 atom stereocenters. The number of piperidine rings is 1. The summed E-state index contributed by atoms with van der Waals surface area (Å²) in [6.07, 6.45) is 0.470. The molecule has 1 saturated heterocycles. The van der Waals surface area contributed by atoms with Gasteiger partial charge >= 0.3 is 0 Å². The average Bonchev–Trinajstić information content (AvgIpc) is 2.33. The second-order valence-corrected chi connectivity index (χ2v) is 3.98. The van der Waals surface area contributed by atoms with Gasteiger partial charge in [-0.1, -0.05) is 0 Å². The molecule has 18 heavy (non-hydrogen) atoms. The SMILES string of the molecule is O=C1CCC(NC(=O)c2ccc(F)cc2)C(=O)N1. The summed E-state index contributed by atoms with van der Waals surface area (Å²) in [5, 5.41) is 4.64. The van der Waals surface area contributed by atoms with Crippen LogP contribution in [0.25, 0.3) is 0 Å². The fourth-order valence-corrected chi connectivity index (χ4v) is 1.67. The predicted octanol–water partition coefficient (Wildman–Crippen LogP) is 0.361. The minimum atomic E-state index is -0.722. The lowest BCUT2D eigenvalue weighted by Gasteiger charge is -2.21. The van der Waals surface area contributed by atoms with Crippen LogP contribution in [0.4, 0.5) is 4.39 Å². The van der Waals surface area contributed by atoms with Gasteiger partial charge in [-0.2, -0.15) is 0 Å². The van der Waals surface area contributed by atoms with E-state index in [1.165, 1.54) is 24.3 Å². The van der Waals surface area contributed by atoms with E-state index in [-0.39, 0.29) is 24.3 Å². The lowest BCUT2D eigenvalue weighted by molar-refractivity contribution is -0.134. The molecule has 1 aromatic rings. The maximum atomic E-state index is 12.7. The molecule has 1 fully saturated rings. The third-order valence-corrected chi connectivity index (χ3v) is 2.65. The molecule has 1 unspecified atom stereocenters. The minimum absolute atomic E-state index is 0.195. The first kappa shape index (κ1) is 12.2. The first-order chi connectivity index (χ1) is 8.56. The van der Waals surface area contributed by atoms with Crippen molar-refractivity contribution in [3.05, 3.63) is 35.6 Å². The van der Waals surface area contributed by atoms with Crippen LogP contribution in [-0.2, 0) is 9.59 Å². The van der Waals surface area contributed by atoms with Gasteiger partial charge in [-0.25, -0.2) is 4.39 Å². The van der Waals surface area contributed by atoms with Crippen molar-refractivity contribution in [1.29, 1.82) is 0 Å². The number of nitrogens with one attached hydrogen (secondary N) is 2. The molecular weight excluding hydrogens is 239 g/mol. The molecule has 6 heteroatoms. The molecule has 0 aromatic heterocycles. The Morgan fingerprint density at radius 1 is 1.28 bits per heavy atom. The Kier molecular flexibility index (Phi) is 3.36. The molecule has 94 valence electrons. The minimum Gasteiger partial charge on any atom is -0.340 e. The fourth-order valence-electron chi connectivity index (χ4n) is 1.67. The van der Waals surface area contributed by atoms with E-state index in [1.54, 1.807) is 0 Å². The molecule has 1 aliphatic rings. The quantitative estimate of drug-likeness (QED) is 0.744. The van der Waals surface area contributed by atoms with E-state index < -0.39 is 23.7 Å². The molecule has 2 N–H and O–H groups in total. The number of rotatable bonds is 2. The lowest BCUT2D eigenvalue weighted by atomic mass is 10.1. The molecule has 0 spiro atoms. The smallest absolute Gasteiger partial charge is 0.251 e. The van der Waals surface area contributed by atoms with Crippen molar-refractivity contribution < 1.29 is 18.8 Å². The normalized spacial score (nSPS) is 19.3. The largest absolute Gasteiger partial charge is 0.340 e. The number of amides is 3. The van der Waals surface area contributed by atoms with Crippen molar-refractivity contribution in [2.45, 2.75) is 18.9 Å². The standard InChI is InChI=1S/C12H11FN2O3/c13-8-3-1-7(2-4-8)11(17)14-9-5-6-10(16)15-12(9)18/h1-4,9H,5-6H2,(H,14,17)(H,15,16,18). The molecule has 0 radical (unpaired) electrons. The molecule has 0 saturated carbocycles. The van der Waals surface area contributed by atoms with E-state index in [2.05, 4.69) is 10.6 Å². The van der Waals surface area contributed by atoms with Gasteiger partial charge in [0.2, 0.25) is 11.8 Å². The highest BCUT2D eigenvalue weighted by molar-refractivity contribution is 6.03. The second-order valence-electron chi connectivity index (χ2n) is 3.98. The van der Waals surface area contributed by atoms with E-state index in [1.807, 2.05) is 0 Å². The summed E-state index contributed by atoms with van der Waals surface area (Å²) in [7, 11) is 0. The molecule has 1 aromatic carbocycles. The van der Waals surface area contributed by atoms with Crippen LogP contribution in [0, 0.1) is 5.82 Å². The first-order valence-corrected chi connectivity index (χ1v) is 5.46. The maximum absolute atomic E-state index is 12.7. The molecule has 3 amide bonds. The zero-order chi connectivity index (χ0) is 13.1. The molecule has 1 aliphatic heterocycles. The van der Waals surface area contributed by atoms with E-state index in [4.69, 9.17) is 0 Å². The Morgan fingerprint density at radius 3 is 2.56 bits per heavy atom. The van der Waals surface area contributed by atoms with Crippen LogP contribution in [0.5, 0.6) is 0 Å². The van der Waals surface area contributed by atoms with E-state index in [9.17, 15) is 18.8 Å². The summed E-state index contributed by atoms with van der Waals surface area (Å²) >= 11 is 0. The Hall–Kier alpha value is -2.24. The van der Waals surface area contributed by atoms with Crippen LogP contribution < -0.4 is 10.6 Å². The summed E-state index contributed by atoms with van der Waals surface area (Å²) in [4.78, 5) is 34.1. The van der Waals surface area contributed by atoms with Crippen molar-refractivity contribution in [3.8, 4) is 0 Å². The zero-order valence-corrected chi connectivity index (χ0v) is 9.40. The third kappa shape index (κ3) is 2.71. The van der Waals surface area contributed by atoms with Crippen LogP contribution in [0.1, 0.15) is 23.2 Å². The maximum Gasteiger partial charge on any atom is 0.251 e. The molecular formula is C12H11FN2O3. The Balaban J connectivity index is 2.01. The second kappa shape index (κ2) is 4.95. The first-order valence-electron chi connectivity index (χ1n) is 5.46. The monoisotopic (exact) mass is 250 g/mol. The number of benzene rings is 1. The number of hydrogen-bond donors (Lipinski definition) is 2. The fraction of sp³-hybridized carbons (Fsp3) is 0.250. The molecule has 0 aliphatic carbocycles. The van der Waals surface area contributed by atoms with E-state index in [0.717, 1.165) is 0 Å². The van der Waals surface area contributed by atoms with Crippen LogP contribution >= 0.6 is 0 Å². The Morgan fingerprint density at radius 2 is 1.94 bits per heavy atom. The average molecular weight is 250 g/mol.